The monoisotopic (exact) mass is 241 g/mol. The number of hydrogen-bond acceptors (Lipinski definition) is 3. The van der Waals surface area contributed by atoms with Crippen molar-refractivity contribution in [2.24, 2.45) is 0 Å². The van der Waals surface area contributed by atoms with E-state index in [4.69, 9.17) is 21.1 Å². The Balaban J connectivity index is 2.41. The molecular weight excluding hydrogens is 226 g/mol. The predicted octanol–water partition coefficient (Wildman–Crippen LogP) is 2.57. The molecule has 0 atom stereocenters. The molecule has 88 valence electrons. The van der Waals surface area contributed by atoms with Gasteiger partial charge in [0.15, 0.2) is 11.5 Å². The molecule has 0 saturated carbocycles. The molecule has 3 nitrogen and oxygen atoms in total. The van der Waals surface area contributed by atoms with Gasteiger partial charge in [-0.3, -0.25) is 0 Å². The molecule has 0 radical (unpaired) electrons. The number of hydrogen-bond donors (Lipinski definition) is 1. The Kier molecular flexibility index (Phi) is 3.00. The van der Waals surface area contributed by atoms with Gasteiger partial charge in [-0.15, -0.1) is 0 Å². The Labute approximate surface area is 101 Å². The van der Waals surface area contributed by atoms with Crippen LogP contribution in [0.15, 0.2) is 12.1 Å². The summed E-state index contributed by atoms with van der Waals surface area (Å²) in [5.41, 5.74) is 1.04. The Morgan fingerprint density at radius 1 is 1.31 bits per heavy atom. The van der Waals surface area contributed by atoms with Crippen LogP contribution in [-0.2, 0) is 5.41 Å². The summed E-state index contributed by atoms with van der Waals surface area (Å²) in [6, 6.07) is 3.80. The zero-order chi connectivity index (χ0) is 11.8. The molecule has 0 unspecified atom stereocenters. The summed E-state index contributed by atoms with van der Waals surface area (Å²) in [5, 5.41) is 3.90. The second-order valence-electron chi connectivity index (χ2n) is 4.60. The molecule has 2 rings (SSSR count). The number of fused-ring (bicyclic) bond motifs is 1. The lowest BCUT2D eigenvalue weighted by Crippen LogP contribution is -2.30. The van der Waals surface area contributed by atoms with Gasteiger partial charge in [-0.25, -0.2) is 0 Å². The number of benzene rings is 1. The molecule has 1 N–H and O–H groups in total. The summed E-state index contributed by atoms with van der Waals surface area (Å²) < 4.78 is 10.7. The maximum atomic E-state index is 6.26. The average molecular weight is 242 g/mol. The minimum atomic E-state index is -0.0349. The van der Waals surface area contributed by atoms with Gasteiger partial charge in [-0.1, -0.05) is 25.4 Å². The van der Waals surface area contributed by atoms with Crippen molar-refractivity contribution in [3.05, 3.63) is 22.7 Å². The van der Waals surface area contributed by atoms with E-state index in [2.05, 4.69) is 19.2 Å². The third-order valence-corrected chi connectivity index (χ3v) is 3.12. The molecule has 1 aromatic carbocycles. The van der Waals surface area contributed by atoms with E-state index in [1.807, 2.05) is 19.2 Å². The highest BCUT2D eigenvalue weighted by Gasteiger charge is 2.26. The van der Waals surface area contributed by atoms with Gasteiger partial charge in [0.1, 0.15) is 0 Å². The fraction of sp³-hybridized carbons (Fsp3) is 0.500. The summed E-state index contributed by atoms with van der Waals surface area (Å²) in [6.07, 6.45) is 0. The van der Waals surface area contributed by atoms with Crippen LogP contribution in [0.25, 0.3) is 0 Å². The Hall–Kier alpha value is -0.930. The Morgan fingerprint density at radius 2 is 1.94 bits per heavy atom. The third-order valence-electron chi connectivity index (χ3n) is 2.81. The second kappa shape index (κ2) is 4.15. The largest absolute Gasteiger partial charge is 0.454 e. The van der Waals surface area contributed by atoms with E-state index in [-0.39, 0.29) is 12.2 Å². The number of halogens is 1. The molecule has 1 aliphatic rings. The molecule has 0 aliphatic carbocycles. The molecular formula is C12H16ClNO2. The van der Waals surface area contributed by atoms with E-state index in [0.717, 1.165) is 28.6 Å². The maximum Gasteiger partial charge on any atom is 0.231 e. The van der Waals surface area contributed by atoms with E-state index >= 15 is 0 Å². The number of likely N-dealkylation sites (N-methyl/N-ethyl adjacent to an activating group) is 1. The molecule has 4 heteroatoms. The van der Waals surface area contributed by atoms with Gasteiger partial charge in [-0.05, 0) is 18.7 Å². The minimum absolute atomic E-state index is 0.0349. The molecule has 0 fully saturated rings. The molecule has 0 spiro atoms. The fourth-order valence-corrected chi connectivity index (χ4v) is 2.38. The predicted molar refractivity (Wildman–Crippen MR) is 64.5 cm³/mol. The van der Waals surface area contributed by atoms with Crippen molar-refractivity contribution >= 4 is 11.6 Å². The highest BCUT2D eigenvalue weighted by atomic mass is 35.5. The maximum absolute atomic E-state index is 6.26. The summed E-state index contributed by atoms with van der Waals surface area (Å²) >= 11 is 6.26. The van der Waals surface area contributed by atoms with Crippen molar-refractivity contribution in [1.29, 1.82) is 0 Å². The van der Waals surface area contributed by atoms with Crippen LogP contribution >= 0.6 is 11.6 Å². The highest BCUT2D eigenvalue weighted by Crippen LogP contribution is 2.40. The van der Waals surface area contributed by atoms with Crippen molar-refractivity contribution in [1.82, 2.24) is 5.32 Å². The van der Waals surface area contributed by atoms with Crippen LogP contribution in [0.2, 0.25) is 5.02 Å². The van der Waals surface area contributed by atoms with E-state index in [0.29, 0.717) is 0 Å². The van der Waals surface area contributed by atoms with Crippen LogP contribution in [-0.4, -0.2) is 20.4 Å². The first-order valence-corrected chi connectivity index (χ1v) is 5.66. The third kappa shape index (κ3) is 1.97. The van der Waals surface area contributed by atoms with Gasteiger partial charge in [0.05, 0.1) is 0 Å². The van der Waals surface area contributed by atoms with Crippen LogP contribution in [0.4, 0.5) is 0 Å². The topological polar surface area (TPSA) is 30.5 Å². The van der Waals surface area contributed by atoms with Crippen LogP contribution in [0.1, 0.15) is 19.4 Å². The van der Waals surface area contributed by atoms with Crippen molar-refractivity contribution in [2.75, 3.05) is 20.4 Å². The van der Waals surface area contributed by atoms with Gasteiger partial charge in [0.2, 0.25) is 6.79 Å². The van der Waals surface area contributed by atoms with Gasteiger partial charge >= 0.3 is 0 Å². The van der Waals surface area contributed by atoms with Crippen LogP contribution in [0.5, 0.6) is 11.5 Å². The lowest BCUT2D eigenvalue weighted by Gasteiger charge is -2.26. The van der Waals surface area contributed by atoms with Crippen molar-refractivity contribution in [2.45, 2.75) is 19.3 Å². The lowest BCUT2D eigenvalue weighted by atomic mass is 9.84. The lowest BCUT2D eigenvalue weighted by molar-refractivity contribution is 0.174. The second-order valence-corrected chi connectivity index (χ2v) is 5.01. The molecule has 0 amide bonds. The van der Waals surface area contributed by atoms with E-state index in [1.54, 1.807) is 0 Å². The zero-order valence-electron chi connectivity index (χ0n) is 9.76. The molecule has 0 aromatic heterocycles. The molecule has 1 aromatic rings. The first kappa shape index (κ1) is 11.6. The quantitative estimate of drug-likeness (QED) is 0.882. The summed E-state index contributed by atoms with van der Waals surface area (Å²) in [5.74, 6) is 1.51. The highest BCUT2D eigenvalue weighted by molar-refractivity contribution is 6.31. The van der Waals surface area contributed by atoms with Crippen LogP contribution in [0, 0.1) is 0 Å². The van der Waals surface area contributed by atoms with Gasteiger partial charge in [0.25, 0.3) is 0 Å². The molecule has 1 aliphatic heterocycles. The number of nitrogens with one attached hydrogen (secondary N) is 1. The number of ether oxygens (including phenoxy) is 2. The van der Waals surface area contributed by atoms with Crippen LogP contribution < -0.4 is 14.8 Å². The van der Waals surface area contributed by atoms with Crippen molar-refractivity contribution in [3.8, 4) is 11.5 Å². The SMILES string of the molecule is CNCC(C)(C)c1cc2c(cc1Cl)OCO2. The summed E-state index contributed by atoms with van der Waals surface area (Å²) in [6.45, 7) is 5.42. The van der Waals surface area contributed by atoms with E-state index in [9.17, 15) is 0 Å². The van der Waals surface area contributed by atoms with Crippen molar-refractivity contribution < 1.29 is 9.47 Å². The molecule has 0 bridgehead atoms. The van der Waals surface area contributed by atoms with Gasteiger partial charge in [-0.2, -0.15) is 0 Å². The summed E-state index contributed by atoms with van der Waals surface area (Å²) in [7, 11) is 1.93. The standard InChI is InChI=1S/C12H16ClNO2/c1-12(2,6-14-3)8-4-10-11(5-9(8)13)16-7-15-10/h4-5,14H,6-7H2,1-3H3. The summed E-state index contributed by atoms with van der Waals surface area (Å²) in [4.78, 5) is 0. The molecule has 1 heterocycles. The van der Waals surface area contributed by atoms with Crippen molar-refractivity contribution in [3.63, 3.8) is 0 Å². The fourth-order valence-electron chi connectivity index (χ4n) is 1.97. The first-order chi connectivity index (χ1) is 7.54. The van der Waals surface area contributed by atoms with Gasteiger partial charge < -0.3 is 14.8 Å². The van der Waals surface area contributed by atoms with Crippen LogP contribution in [0.3, 0.4) is 0 Å². The minimum Gasteiger partial charge on any atom is -0.454 e. The van der Waals surface area contributed by atoms with E-state index < -0.39 is 0 Å². The average Bonchev–Trinajstić information content (AvgIpc) is 2.63. The Morgan fingerprint density at radius 3 is 2.56 bits per heavy atom. The van der Waals surface area contributed by atoms with Gasteiger partial charge in [0, 0.05) is 23.0 Å². The smallest absolute Gasteiger partial charge is 0.231 e. The Bertz CT molecular complexity index is 404. The molecule has 16 heavy (non-hydrogen) atoms. The van der Waals surface area contributed by atoms with E-state index in [1.165, 1.54) is 0 Å². The number of rotatable bonds is 3. The normalized spacial score (nSPS) is 14.2. The zero-order valence-corrected chi connectivity index (χ0v) is 10.5. The molecule has 0 saturated heterocycles. The first-order valence-electron chi connectivity index (χ1n) is 5.29.